The van der Waals surface area contributed by atoms with E-state index >= 15 is 0 Å². The lowest BCUT2D eigenvalue weighted by Crippen LogP contribution is -2.43. The van der Waals surface area contributed by atoms with Gasteiger partial charge < -0.3 is 9.80 Å². The molecule has 4 heteroatoms. The summed E-state index contributed by atoms with van der Waals surface area (Å²) in [7, 11) is 2.15. The minimum atomic E-state index is 0.615. The second kappa shape index (κ2) is 5.83. The number of piperidine rings is 1. The molecular weight excluding hydrogens is 278 g/mol. The van der Waals surface area contributed by atoms with Gasteiger partial charge >= 0.3 is 0 Å². The predicted molar refractivity (Wildman–Crippen MR) is 75.5 cm³/mol. The Balaban J connectivity index is 2.02. The number of likely N-dealkylation sites (tertiary alicyclic amines) is 1. The molecule has 0 spiro atoms. The van der Waals surface area contributed by atoms with E-state index in [1.807, 2.05) is 12.3 Å². The minimum absolute atomic E-state index is 0.615. The summed E-state index contributed by atoms with van der Waals surface area (Å²) in [5.41, 5.74) is 0. The van der Waals surface area contributed by atoms with Crippen LogP contribution in [-0.4, -0.2) is 42.6 Å². The first-order valence-corrected chi connectivity index (χ1v) is 7.07. The van der Waals surface area contributed by atoms with Gasteiger partial charge in [-0.2, -0.15) is 0 Å². The molecule has 0 aliphatic carbocycles. The number of hydrogen-bond donors (Lipinski definition) is 0. The summed E-state index contributed by atoms with van der Waals surface area (Å²) in [6.45, 7) is 5.81. The van der Waals surface area contributed by atoms with Gasteiger partial charge in [-0.1, -0.05) is 6.92 Å². The van der Waals surface area contributed by atoms with Crippen molar-refractivity contribution in [2.24, 2.45) is 0 Å². The molecule has 2 heterocycles. The zero-order chi connectivity index (χ0) is 12.3. The average molecular weight is 298 g/mol. The fourth-order valence-electron chi connectivity index (χ4n) is 2.43. The maximum absolute atomic E-state index is 4.46. The van der Waals surface area contributed by atoms with Crippen molar-refractivity contribution in [1.82, 2.24) is 9.88 Å². The van der Waals surface area contributed by atoms with Crippen LogP contribution in [0.1, 0.15) is 19.8 Å². The van der Waals surface area contributed by atoms with E-state index in [1.165, 1.54) is 32.5 Å². The Morgan fingerprint density at radius 1 is 1.47 bits per heavy atom. The van der Waals surface area contributed by atoms with Gasteiger partial charge in [0, 0.05) is 32.4 Å². The maximum Gasteiger partial charge on any atom is 0.142 e. The van der Waals surface area contributed by atoms with Crippen molar-refractivity contribution < 1.29 is 0 Å². The normalized spacial score (nSPS) is 18.3. The van der Waals surface area contributed by atoms with Gasteiger partial charge in [-0.25, -0.2) is 4.98 Å². The maximum atomic E-state index is 4.46. The van der Waals surface area contributed by atoms with E-state index in [4.69, 9.17) is 0 Å². The summed E-state index contributed by atoms with van der Waals surface area (Å²) in [6.07, 6.45) is 4.32. The van der Waals surface area contributed by atoms with Crippen LogP contribution < -0.4 is 4.90 Å². The molecule has 0 amide bonds. The number of anilines is 1. The molecule has 0 bridgehead atoms. The molecule has 3 nitrogen and oxygen atoms in total. The topological polar surface area (TPSA) is 19.4 Å². The molecule has 0 aromatic carbocycles. The predicted octanol–water partition coefficient (Wildman–Crippen LogP) is 2.76. The van der Waals surface area contributed by atoms with Crippen molar-refractivity contribution in [2.75, 3.05) is 31.6 Å². The van der Waals surface area contributed by atoms with Gasteiger partial charge in [0.05, 0.1) is 4.47 Å². The Hall–Kier alpha value is -0.610. The summed E-state index contributed by atoms with van der Waals surface area (Å²) < 4.78 is 1.08. The number of pyridine rings is 1. The molecule has 1 aliphatic rings. The quantitative estimate of drug-likeness (QED) is 0.855. The van der Waals surface area contributed by atoms with Crippen LogP contribution in [-0.2, 0) is 0 Å². The van der Waals surface area contributed by atoms with Gasteiger partial charge in [-0.3, -0.25) is 0 Å². The first-order chi connectivity index (χ1) is 8.22. The fourth-order valence-corrected chi connectivity index (χ4v) is 2.97. The fraction of sp³-hybridized carbons (Fsp3) is 0.615. The molecule has 1 aromatic rings. The number of halogens is 1. The van der Waals surface area contributed by atoms with Crippen LogP contribution >= 0.6 is 15.9 Å². The summed E-state index contributed by atoms with van der Waals surface area (Å²) in [6, 6.07) is 4.63. The summed E-state index contributed by atoms with van der Waals surface area (Å²) >= 11 is 3.57. The van der Waals surface area contributed by atoms with Gasteiger partial charge in [-0.05, 0) is 47.4 Å². The SMILES string of the molecule is CCN1CCC(N(C)c2ncccc2Br)CC1. The second-order valence-corrected chi connectivity index (χ2v) is 5.44. The minimum Gasteiger partial charge on any atom is -0.356 e. The molecule has 94 valence electrons. The molecule has 1 fully saturated rings. The zero-order valence-corrected chi connectivity index (χ0v) is 12.2. The molecule has 0 atom stereocenters. The van der Waals surface area contributed by atoms with Crippen LogP contribution in [0, 0.1) is 0 Å². The number of aromatic nitrogens is 1. The van der Waals surface area contributed by atoms with Crippen LogP contribution in [0.25, 0.3) is 0 Å². The van der Waals surface area contributed by atoms with Gasteiger partial charge in [0.15, 0.2) is 0 Å². The molecule has 2 rings (SSSR count). The number of hydrogen-bond acceptors (Lipinski definition) is 3. The molecule has 0 saturated carbocycles. The Kier molecular flexibility index (Phi) is 4.40. The van der Waals surface area contributed by atoms with Crippen LogP contribution in [0.3, 0.4) is 0 Å². The van der Waals surface area contributed by atoms with Crippen molar-refractivity contribution >= 4 is 21.7 Å². The molecule has 0 radical (unpaired) electrons. The van der Waals surface area contributed by atoms with Crippen LogP contribution in [0.4, 0.5) is 5.82 Å². The highest BCUT2D eigenvalue weighted by Gasteiger charge is 2.23. The van der Waals surface area contributed by atoms with Gasteiger partial charge in [0.25, 0.3) is 0 Å². The largest absolute Gasteiger partial charge is 0.356 e. The highest BCUT2D eigenvalue weighted by Crippen LogP contribution is 2.26. The highest BCUT2D eigenvalue weighted by atomic mass is 79.9. The van der Waals surface area contributed by atoms with Gasteiger partial charge in [0.2, 0.25) is 0 Å². The summed E-state index contributed by atoms with van der Waals surface area (Å²) in [4.78, 5) is 9.29. The van der Waals surface area contributed by atoms with E-state index in [1.54, 1.807) is 0 Å². The lowest BCUT2D eigenvalue weighted by atomic mass is 10.0. The van der Waals surface area contributed by atoms with E-state index in [9.17, 15) is 0 Å². The van der Waals surface area contributed by atoms with E-state index in [0.717, 1.165) is 10.3 Å². The lowest BCUT2D eigenvalue weighted by molar-refractivity contribution is 0.220. The second-order valence-electron chi connectivity index (χ2n) is 4.59. The Bertz CT molecular complexity index is 361. The van der Waals surface area contributed by atoms with E-state index < -0.39 is 0 Å². The third kappa shape index (κ3) is 2.99. The molecular formula is C13H20BrN3. The van der Waals surface area contributed by atoms with Crippen molar-refractivity contribution in [1.29, 1.82) is 0 Å². The van der Waals surface area contributed by atoms with Crippen LogP contribution in [0.5, 0.6) is 0 Å². The molecule has 1 aromatic heterocycles. The summed E-state index contributed by atoms with van der Waals surface area (Å²) in [5, 5.41) is 0. The number of rotatable bonds is 3. The van der Waals surface area contributed by atoms with Gasteiger partial charge in [0.1, 0.15) is 5.82 Å². The van der Waals surface area contributed by atoms with Crippen LogP contribution in [0.2, 0.25) is 0 Å². The number of nitrogens with zero attached hydrogens (tertiary/aromatic N) is 3. The van der Waals surface area contributed by atoms with Crippen molar-refractivity contribution in [3.63, 3.8) is 0 Å². The molecule has 1 aliphatic heterocycles. The molecule has 17 heavy (non-hydrogen) atoms. The molecule has 1 saturated heterocycles. The molecule has 0 N–H and O–H groups in total. The van der Waals surface area contributed by atoms with Crippen LogP contribution in [0.15, 0.2) is 22.8 Å². The highest BCUT2D eigenvalue weighted by molar-refractivity contribution is 9.10. The first kappa shape index (κ1) is 12.8. The Labute approximate surface area is 112 Å². The van der Waals surface area contributed by atoms with Crippen molar-refractivity contribution in [3.8, 4) is 0 Å². The standard InChI is InChI=1S/C13H20BrN3/c1-3-17-9-6-11(7-10-17)16(2)13-12(14)5-4-8-15-13/h4-5,8,11H,3,6-7,9-10H2,1-2H3. The van der Waals surface area contributed by atoms with Crippen molar-refractivity contribution in [3.05, 3.63) is 22.8 Å². The Morgan fingerprint density at radius 3 is 2.76 bits per heavy atom. The van der Waals surface area contributed by atoms with Crippen molar-refractivity contribution in [2.45, 2.75) is 25.8 Å². The first-order valence-electron chi connectivity index (χ1n) is 6.28. The lowest BCUT2D eigenvalue weighted by Gasteiger charge is -2.37. The average Bonchev–Trinajstić information content (AvgIpc) is 2.39. The zero-order valence-electron chi connectivity index (χ0n) is 10.6. The summed E-state index contributed by atoms with van der Waals surface area (Å²) in [5.74, 6) is 1.06. The third-order valence-corrected chi connectivity index (χ3v) is 4.24. The smallest absolute Gasteiger partial charge is 0.142 e. The van der Waals surface area contributed by atoms with Gasteiger partial charge in [-0.15, -0.1) is 0 Å². The Morgan fingerprint density at radius 2 is 2.18 bits per heavy atom. The van der Waals surface area contributed by atoms with E-state index in [-0.39, 0.29) is 0 Å². The molecule has 0 unspecified atom stereocenters. The third-order valence-electron chi connectivity index (χ3n) is 3.63. The van der Waals surface area contributed by atoms with E-state index in [2.05, 4.69) is 50.8 Å². The monoisotopic (exact) mass is 297 g/mol. The van der Waals surface area contributed by atoms with E-state index in [0.29, 0.717) is 6.04 Å².